The van der Waals surface area contributed by atoms with Crippen molar-refractivity contribution in [3.63, 3.8) is 0 Å². The number of carbonyl (C=O) groups is 1. The van der Waals surface area contributed by atoms with Crippen LogP contribution in [0.3, 0.4) is 0 Å². The summed E-state index contributed by atoms with van der Waals surface area (Å²) in [7, 11) is 0. The first-order valence-electron chi connectivity index (χ1n) is 8.48. The van der Waals surface area contributed by atoms with Crippen LogP contribution in [0.25, 0.3) is 0 Å². The van der Waals surface area contributed by atoms with Gasteiger partial charge in [0.2, 0.25) is 5.91 Å². The molecule has 1 aliphatic rings. The summed E-state index contributed by atoms with van der Waals surface area (Å²) in [4.78, 5) is 19.8. The Bertz CT molecular complexity index is 728. The van der Waals surface area contributed by atoms with Crippen LogP contribution >= 0.6 is 23.1 Å². The molecular weight excluding hydrogens is 373 g/mol. The molecule has 5 nitrogen and oxygen atoms in total. The molecule has 140 valence electrons. The number of benzene rings is 1. The van der Waals surface area contributed by atoms with Gasteiger partial charge in [-0.1, -0.05) is 0 Å². The number of aromatic nitrogens is 1. The molecule has 3 rings (SSSR count). The second-order valence-electron chi connectivity index (χ2n) is 6.39. The molecule has 2 atom stereocenters. The summed E-state index contributed by atoms with van der Waals surface area (Å²) in [6, 6.07) is 6.11. The number of carbonyl (C=O) groups excluding carboxylic acids is 1. The van der Waals surface area contributed by atoms with Gasteiger partial charge in [-0.2, -0.15) is 0 Å². The van der Waals surface area contributed by atoms with Crippen molar-refractivity contribution in [1.29, 1.82) is 0 Å². The van der Waals surface area contributed by atoms with Gasteiger partial charge >= 0.3 is 0 Å². The van der Waals surface area contributed by atoms with Crippen LogP contribution in [-0.4, -0.2) is 46.8 Å². The van der Waals surface area contributed by atoms with E-state index in [1.165, 1.54) is 35.2 Å². The third kappa shape index (κ3) is 5.77. The number of nitrogens with one attached hydrogen (secondary N) is 1. The zero-order valence-corrected chi connectivity index (χ0v) is 16.4. The second-order valence-corrected chi connectivity index (χ2v) is 8.29. The second kappa shape index (κ2) is 8.94. The van der Waals surface area contributed by atoms with Gasteiger partial charge in [0.15, 0.2) is 5.13 Å². The molecular formula is C18H22FN3O2S2. The minimum atomic E-state index is -0.279. The molecule has 8 heteroatoms. The molecule has 0 saturated carbocycles. The van der Waals surface area contributed by atoms with Gasteiger partial charge in [0.25, 0.3) is 0 Å². The van der Waals surface area contributed by atoms with Gasteiger partial charge < -0.3 is 10.1 Å². The summed E-state index contributed by atoms with van der Waals surface area (Å²) in [5.41, 5.74) is 0.956. The van der Waals surface area contributed by atoms with E-state index in [1.54, 1.807) is 12.1 Å². The average molecular weight is 396 g/mol. The lowest BCUT2D eigenvalue weighted by atomic mass is 10.2. The molecule has 0 spiro atoms. The molecule has 1 amide bonds. The zero-order valence-electron chi connectivity index (χ0n) is 14.8. The highest BCUT2D eigenvalue weighted by molar-refractivity contribution is 8.00. The van der Waals surface area contributed by atoms with Crippen molar-refractivity contribution < 1.29 is 13.9 Å². The number of amides is 1. The van der Waals surface area contributed by atoms with Crippen molar-refractivity contribution >= 4 is 34.1 Å². The molecule has 1 saturated heterocycles. The van der Waals surface area contributed by atoms with E-state index in [0.717, 1.165) is 30.2 Å². The van der Waals surface area contributed by atoms with Crippen LogP contribution in [0.2, 0.25) is 0 Å². The minimum Gasteiger partial charge on any atom is -0.373 e. The van der Waals surface area contributed by atoms with Crippen LogP contribution in [0.4, 0.5) is 9.52 Å². The largest absolute Gasteiger partial charge is 0.373 e. The van der Waals surface area contributed by atoms with Gasteiger partial charge in [0.1, 0.15) is 5.82 Å². The highest BCUT2D eigenvalue weighted by Crippen LogP contribution is 2.21. The van der Waals surface area contributed by atoms with Crippen LogP contribution in [0, 0.1) is 5.82 Å². The Kier molecular flexibility index (Phi) is 6.63. The zero-order chi connectivity index (χ0) is 18.5. The monoisotopic (exact) mass is 395 g/mol. The Labute approximate surface area is 161 Å². The van der Waals surface area contributed by atoms with Crippen molar-refractivity contribution in [2.75, 3.05) is 24.2 Å². The lowest BCUT2D eigenvalue weighted by Gasteiger charge is -2.34. The van der Waals surface area contributed by atoms with Gasteiger partial charge in [-0.3, -0.25) is 9.69 Å². The quantitative estimate of drug-likeness (QED) is 0.757. The van der Waals surface area contributed by atoms with Gasteiger partial charge in [0.05, 0.1) is 23.7 Å². The summed E-state index contributed by atoms with van der Waals surface area (Å²) < 4.78 is 18.6. The number of rotatable bonds is 6. The highest BCUT2D eigenvalue weighted by atomic mass is 32.2. The minimum absolute atomic E-state index is 0.117. The fourth-order valence-electron chi connectivity index (χ4n) is 2.91. The maximum Gasteiger partial charge on any atom is 0.236 e. The average Bonchev–Trinajstić information content (AvgIpc) is 3.00. The lowest BCUT2D eigenvalue weighted by Crippen LogP contribution is -2.44. The number of anilines is 1. The number of thioether (sulfide) groups is 1. The van der Waals surface area contributed by atoms with Crippen LogP contribution in [-0.2, 0) is 16.1 Å². The number of ether oxygens (including phenoxy) is 1. The molecule has 0 radical (unpaired) electrons. The topological polar surface area (TPSA) is 54.5 Å². The van der Waals surface area contributed by atoms with E-state index in [1.807, 2.05) is 5.38 Å². The van der Waals surface area contributed by atoms with Crippen molar-refractivity contribution in [3.8, 4) is 0 Å². The SMILES string of the molecule is CC1CN(Cc2csc(NC(=O)CSc3ccc(F)cc3)n2)CC(C)O1. The Morgan fingerprint density at radius 1 is 1.35 bits per heavy atom. The molecule has 26 heavy (non-hydrogen) atoms. The summed E-state index contributed by atoms with van der Waals surface area (Å²) in [5, 5.41) is 5.42. The van der Waals surface area contributed by atoms with Crippen molar-refractivity contribution in [2.45, 2.75) is 37.5 Å². The normalized spacial score (nSPS) is 20.9. The highest BCUT2D eigenvalue weighted by Gasteiger charge is 2.22. The van der Waals surface area contributed by atoms with Crippen LogP contribution in [0.1, 0.15) is 19.5 Å². The Hall–Kier alpha value is -1.48. The molecule has 1 fully saturated rings. The van der Waals surface area contributed by atoms with Crippen molar-refractivity contribution in [1.82, 2.24) is 9.88 Å². The standard InChI is InChI=1S/C18H22FN3O2S2/c1-12-7-22(8-13(2)24-12)9-15-10-26-18(20-15)21-17(23)11-25-16-5-3-14(19)4-6-16/h3-6,10,12-13H,7-9,11H2,1-2H3,(H,20,21,23). The Morgan fingerprint density at radius 2 is 2.04 bits per heavy atom. The van der Waals surface area contributed by atoms with Gasteiger partial charge in [0, 0.05) is 29.9 Å². The van der Waals surface area contributed by atoms with E-state index in [9.17, 15) is 9.18 Å². The van der Waals surface area contributed by atoms with E-state index in [4.69, 9.17) is 4.74 Å². The first-order chi connectivity index (χ1) is 12.5. The van der Waals surface area contributed by atoms with E-state index in [2.05, 4.69) is 29.0 Å². The first-order valence-corrected chi connectivity index (χ1v) is 10.3. The lowest BCUT2D eigenvalue weighted by molar-refractivity contribution is -0.113. The maximum atomic E-state index is 12.9. The number of hydrogen-bond donors (Lipinski definition) is 1. The molecule has 2 unspecified atom stereocenters. The number of nitrogens with zero attached hydrogens (tertiary/aromatic N) is 2. The van der Waals surface area contributed by atoms with E-state index in [0.29, 0.717) is 5.13 Å². The summed E-state index contributed by atoms with van der Waals surface area (Å²) >= 11 is 2.80. The molecule has 2 heterocycles. The van der Waals surface area contributed by atoms with Crippen molar-refractivity contribution in [2.24, 2.45) is 0 Å². The van der Waals surface area contributed by atoms with Crippen LogP contribution < -0.4 is 5.32 Å². The van der Waals surface area contributed by atoms with Gasteiger partial charge in [-0.25, -0.2) is 9.37 Å². The number of hydrogen-bond acceptors (Lipinski definition) is 6. The van der Waals surface area contributed by atoms with Crippen molar-refractivity contribution in [3.05, 3.63) is 41.2 Å². The van der Waals surface area contributed by atoms with E-state index in [-0.39, 0.29) is 29.7 Å². The smallest absolute Gasteiger partial charge is 0.236 e. The fourth-order valence-corrected chi connectivity index (χ4v) is 4.33. The first kappa shape index (κ1) is 19.3. The van der Waals surface area contributed by atoms with Crippen LogP contribution in [0.15, 0.2) is 34.5 Å². The van der Waals surface area contributed by atoms with Gasteiger partial charge in [-0.15, -0.1) is 23.1 Å². The predicted octanol–water partition coefficient (Wildman–Crippen LogP) is 3.62. The number of thiazole rings is 1. The molecule has 1 aliphatic heterocycles. The van der Waals surface area contributed by atoms with E-state index >= 15 is 0 Å². The third-order valence-electron chi connectivity index (χ3n) is 3.86. The summed E-state index contributed by atoms with van der Waals surface area (Å²) in [5.74, 6) is -0.133. The third-order valence-corrected chi connectivity index (χ3v) is 5.68. The predicted molar refractivity (Wildman–Crippen MR) is 103 cm³/mol. The Morgan fingerprint density at radius 3 is 2.73 bits per heavy atom. The number of halogens is 1. The number of morpholine rings is 1. The maximum absolute atomic E-state index is 12.9. The van der Waals surface area contributed by atoms with Gasteiger partial charge in [-0.05, 0) is 38.1 Å². The molecule has 1 N–H and O–H groups in total. The fraction of sp³-hybridized carbons (Fsp3) is 0.444. The van der Waals surface area contributed by atoms with Crippen LogP contribution in [0.5, 0.6) is 0 Å². The summed E-state index contributed by atoms with van der Waals surface area (Å²) in [6.45, 7) is 6.69. The molecule has 0 bridgehead atoms. The molecule has 1 aromatic heterocycles. The molecule has 2 aromatic rings. The molecule has 1 aromatic carbocycles. The molecule has 0 aliphatic carbocycles. The summed E-state index contributed by atoms with van der Waals surface area (Å²) in [6.07, 6.45) is 0.445. The van der Waals surface area contributed by atoms with E-state index < -0.39 is 0 Å². The Balaban J connectivity index is 1.46.